The first kappa shape index (κ1) is 36.6. The topological polar surface area (TPSA) is 34.1 Å². The first-order valence-corrected chi connectivity index (χ1v) is 4.07. The maximum atomic E-state index is 10.1. The van der Waals surface area contributed by atoms with Gasteiger partial charge < -0.3 is 28.9 Å². The molecule has 0 aliphatic heterocycles. The number of ketones is 2. The summed E-state index contributed by atoms with van der Waals surface area (Å²) in [5, 5.41) is 0. The maximum absolute atomic E-state index is 10.1. The second-order valence-electron chi connectivity index (χ2n) is 2.09. The molecule has 0 aliphatic rings. The SMILES string of the molecule is C[CH-]C(=O)CC.C[CH-]C(=O)[CH-]C.[Y].[Y].[Y].[Y]. The molecule has 0 aromatic carbocycles. The van der Waals surface area contributed by atoms with Crippen molar-refractivity contribution in [3.05, 3.63) is 19.3 Å². The van der Waals surface area contributed by atoms with E-state index in [1.807, 2.05) is 6.92 Å². The summed E-state index contributed by atoms with van der Waals surface area (Å²) in [6.45, 7) is 7.05. The van der Waals surface area contributed by atoms with Crippen molar-refractivity contribution in [2.24, 2.45) is 0 Å². The zero-order chi connectivity index (χ0) is 9.98. The zero-order valence-corrected chi connectivity index (χ0v) is 21.9. The van der Waals surface area contributed by atoms with Gasteiger partial charge in [-0.15, -0.1) is 5.78 Å². The van der Waals surface area contributed by atoms with Crippen LogP contribution in [0.3, 0.4) is 0 Å². The summed E-state index contributed by atoms with van der Waals surface area (Å²) in [5.74, 6) is 0.310. The minimum absolute atomic E-state index is 0. The number of carbonyl (C=O) groups excluding carboxylic acids is 2. The van der Waals surface area contributed by atoms with Crippen molar-refractivity contribution >= 4 is 11.6 Å². The molecule has 0 aliphatic carbocycles. The molecule has 0 heterocycles. The molecule has 0 saturated heterocycles. The summed E-state index contributed by atoms with van der Waals surface area (Å²) >= 11 is 0. The van der Waals surface area contributed by atoms with Gasteiger partial charge in [0.1, 0.15) is 0 Å². The average Bonchev–Trinajstić information content (AvgIpc) is 2.16. The summed E-state index contributed by atoms with van der Waals surface area (Å²) in [4.78, 5) is 20.2. The minimum Gasteiger partial charge on any atom is -0.368 e. The zero-order valence-electron chi connectivity index (χ0n) is 10.6. The van der Waals surface area contributed by atoms with Crippen LogP contribution in [0.15, 0.2) is 0 Å². The molecule has 0 saturated carbocycles. The Bertz CT molecular complexity index is 113. The molecule has 0 amide bonds. The van der Waals surface area contributed by atoms with Crippen LogP contribution in [0.2, 0.25) is 0 Å². The molecule has 6 heteroatoms. The third-order valence-electron chi connectivity index (χ3n) is 1.24. The van der Waals surface area contributed by atoms with E-state index in [2.05, 4.69) is 0 Å². The van der Waals surface area contributed by atoms with Crippen molar-refractivity contribution in [2.45, 2.75) is 34.1 Å². The molecule has 0 N–H and O–H groups in total. The van der Waals surface area contributed by atoms with Crippen molar-refractivity contribution in [1.82, 2.24) is 0 Å². The number of Topliss-reactive ketones (excluding diaryl/α,β-unsaturated/α-hetero) is 2. The molecule has 0 atom stereocenters. The van der Waals surface area contributed by atoms with Crippen LogP contribution >= 0.6 is 0 Å². The minimum atomic E-state index is 0. The van der Waals surface area contributed by atoms with Crippen LogP contribution in [-0.4, -0.2) is 11.6 Å². The van der Waals surface area contributed by atoms with Crippen LogP contribution in [-0.2, 0) is 140 Å². The van der Waals surface area contributed by atoms with Gasteiger partial charge in [-0.05, 0) is 12.2 Å². The summed E-state index contributed by atoms with van der Waals surface area (Å²) in [6.07, 6.45) is 5.27. The van der Waals surface area contributed by atoms with E-state index in [1.54, 1.807) is 27.2 Å². The van der Waals surface area contributed by atoms with Crippen molar-refractivity contribution < 1.29 is 140 Å². The first-order valence-electron chi connectivity index (χ1n) is 4.07. The molecule has 0 spiro atoms. The Balaban J connectivity index is -0.0000000250. The number of hydrogen-bond acceptors (Lipinski definition) is 2. The normalized spacial score (nSPS) is 5.50. The standard InChI is InChI=1S/C5H9O.C5H8O.4Y/c2*1-3-5(6)4-2;;;;/h3H,4H2,1-2H3;3-4H,1-2H3;;;;/q-1;-2;;;;. The molecule has 0 aromatic rings. The van der Waals surface area contributed by atoms with E-state index in [0.29, 0.717) is 6.42 Å². The van der Waals surface area contributed by atoms with E-state index < -0.39 is 0 Å². The van der Waals surface area contributed by atoms with Gasteiger partial charge in [-0.25, -0.2) is 0 Å². The Morgan fingerprint density at radius 3 is 1.12 bits per heavy atom. The van der Waals surface area contributed by atoms with Gasteiger partial charge in [0, 0.05) is 131 Å². The van der Waals surface area contributed by atoms with E-state index in [0.717, 1.165) is 0 Å². The Hall–Kier alpha value is 3.37. The van der Waals surface area contributed by atoms with Gasteiger partial charge in [-0.1, -0.05) is 6.92 Å². The molecule has 84 valence electrons. The van der Waals surface area contributed by atoms with E-state index in [1.165, 1.54) is 12.8 Å². The Morgan fingerprint density at radius 1 is 0.812 bits per heavy atom. The van der Waals surface area contributed by atoms with Gasteiger partial charge in [-0.2, -0.15) is 20.8 Å². The van der Waals surface area contributed by atoms with E-state index >= 15 is 0 Å². The third kappa shape index (κ3) is 36.0. The molecule has 0 aromatic heterocycles. The molecule has 0 bridgehead atoms. The Morgan fingerprint density at radius 2 is 1.12 bits per heavy atom. The Labute approximate surface area is 201 Å². The van der Waals surface area contributed by atoms with E-state index in [4.69, 9.17) is 0 Å². The predicted molar refractivity (Wildman–Crippen MR) is 50.2 cm³/mol. The van der Waals surface area contributed by atoms with Crippen LogP contribution in [0.5, 0.6) is 0 Å². The molecule has 16 heavy (non-hydrogen) atoms. The molecular weight excluding hydrogens is 508 g/mol. The molecular formula is C10H17O2Y4-3. The number of rotatable bonds is 4. The van der Waals surface area contributed by atoms with Crippen LogP contribution in [0.1, 0.15) is 34.1 Å². The van der Waals surface area contributed by atoms with Crippen LogP contribution in [0.4, 0.5) is 0 Å². The summed E-state index contributed by atoms with van der Waals surface area (Å²) < 4.78 is 0. The predicted octanol–water partition coefficient (Wildman–Crippen LogP) is 2.18. The van der Waals surface area contributed by atoms with Gasteiger partial charge in [0.15, 0.2) is 0 Å². The second-order valence-corrected chi connectivity index (χ2v) is 2.09. The largest absolute Gasteiger partial charge is 0.368 e. The molecule has 4 radical (unpaired) electrons. The smallest absolute Gasteiger partial charge is 0 e. The maximum Gasteiger partial charge on any atom is 0 e. The summed E-state index contributed by atoms with van der Waals surface area (Å²) in [7, 11) is 0. The molecule has 2 nitrogen and oxygen atoms in total. The summed E-state index contributed by atoms with van der Waals surface area (Å²) in [5.41, 5.74) is 0. The van der Waals surface area contributed by atoms with Crippen molar-refractivity contribution in [3.63, 3.8) is 0 Å². The second kappa shape index (κ2) is 31.0. The van der Waals surface area contributed by atoms with Crippen LogP contribution < -0.4 is 0 Å². The van der Waals surface area contributed by atoms with E-state index in [-0.39, 0.29) is 142 Å². The summed E-state index contributed by atoms with van der Waals surface area (Å²) in [6, 6.07) is 0. The van der Waals surface area contributed by atoms with Crippen molar-refractivity contribution in [2.75, 3.05) is 0 Å². The Kier molecular flexibility index (Phi) is 70.9. The fourth-order valence-electron chi connectivity index (χ4n) is 0.371. The van der Waals surface area contributed by atoms with Crippen molar-refractivity contribution in [1.29, 1.82) is 0 Å². The van der Waals surface area contributed by atoms with Crippen LogP contribution in [0.25, 0.3) is 0 Å². The van der Waals surface area contributed by atoms with Crippen LogP contribution in [0, 0.1) is 19.3 Å². The van der Waals surface area contributed by atoms with Crippen molar-refractivity contribution in [3.8, 4) is 0 Å². The first-order chi connectivity index (χ1) is 5.62. The molecule has 0 unspecified atom stereocenters. The number of carbonyl (C=O) groups is 2. The quantitative estimate of drug-likeness (QED) is 0.529. The van der Waals surface area contributed by atoms with Gasteiger partial charge in [0.25, 0.3) is 0 Å². The molecule has 0 fully saturated rings. The average molecular weight is 525 g/mol. The number of hydrogen-bond donors (Lipinski definition) is 0. The third-order valence-corrected chi connectivity index (χ3v) is 1.24. The van der Waals surface area contributed by atoms with Gasteiger partial charge in [0.2, 0.25) is 0 Å². The van der Waals surface area contributed by atoms with E-state index in [9.17, 15) is 9.59 Å². The fraction of sp³-hybridized carbons (Fsp3) is 0.500. The fourth-order valence-corrected chi connectivity index (χ4v) is 0.371. The monoisotopic (exact) mass is 525 g/mol. The molecule has 0 rings (SSSR count). The van der Waals surface area contributed by atoms with Gasteiger partial charge in [0.05, 0.1) is 0 Å². The van der Waals surface area contributed by atoms with Gasteiger partial charge >= 0.3 is 0 Å². The van der Waals surface area contributed by atoms with Gasteiger partial charge in [-0.3, -0.25) is 0 Å².